The van der Waals surface area contributed by atoms with Crippen LogP contribution in [0.5, 0.6) is 0 Å². The van der Waals surface area contributed by atoms with Gasteiger partial charge < -0.3 is 0 Å². The molecule has 2 aliphatic carbocycles. The van der Waals surface area contributed by atoms with Gasteiger partial charge in [-0.2, -0.15) is 0 Å². The molecule has 0 radical (unpaired) electrons. The van der Waals surface area contributed by atoms with Gasteiger partial charge in [-0.1, -0.05) is 140 Å². The lowest BCUT2D eigenvalue weighted by Gasteiger charge is -2.29. The van der Waals surface area contributed by atoms with Gasteiger partial charge in [-0.15, -0.1) is 11.3 Å². The summed E-state index contributed by atoms with van der Waals surface area (Å²) in [6, 6.07) is 56.8. The number of benzene rings is 6. The average molecular weight is 603 g/mol. The first-order valence-corrected chi connectivity index (χ1v) is 16.5. The van der Waals surface area contributed by atoms with Crippen molar-refractivity contribution >= 4 is 21.4 Å². The van der Waals surface area contributed by atoms with Crippen molar-refractivity contribution in [2.75, 3.05) is 0 Å². The molecule has 2 heterocycles. The first-order valence-electron chi connectivity index (χ1n) is 15.7. The van der Waals surface area contributed by atoms with Crippen LogP contribution in [0, 0.1) is 0 Å². The summed E-state index contributed by atoms with van der Waals surface area (Å²) in [5.74, 6) is 0.731. The molecule has 46 heavy (non-hydrogen) atoms. The topological polar surface area (TPSA) is 25.8 Å². The third kappa shape index (κ3) is 3.46. The summed E-state index contributed by atoms with van der Waals surface area (Å²) < 4.78 is 1.32. The van der Waals surface area contributed by atoms with Crippen LogP contribution in [0.3, 0.4) is 0 Å². The molecule has 0 saturated carbocycles. The van der Waals surface area contributed by atoms with Crippen molar-refractivity contribution in [3.8, 4) is 56.2 Å². The monoisotopic (exact) mass is 602 g/mol. The SMILES string of the molecule is c1ccc(-c2cc(-c3ccc4c(c3)-c3c(sc5ccccc35)C43c4ccccc4-c4ccccc43)nc(-c3ccccc3)n2)cc1. The van der Waals surface area contributed by atoms with Crippen molar-refractivity contribution in [1.82, 2.24) is 9.97 Å². The summed E-state index contributed by atoms with van der Waals surface area (Å²) >= 11 is 1.94. The van der Waals surface area contributed by atoms with Gasteiger partial charge in [0.25, 0.3) is 0 Å². The largest absolute Gasteiger partial charge is 0.228 e. The van der Waals surface area contributed by atoms with Crippen LogP contribution in [0.2, 0.25) is 0 Å². The van der Waals surface area contributed by atoms with Crippen molar-refractivity contribution in [1.29, 1.82) is 0 Å². The van der Waals surface area contributed by atoms with Crippen molar-refractivity contribution in [3.63, 3.8) is 0 Å². The molecule has 2 nitrogen and oxygen atoms in total. The molecule has 0 aliphatic heterocycles. The highest BCUT2D eigenvalue weighted by Crippen LogP contribution is 2.66. The molecule has 1 spiro atoms. The first kappa shape index (κ1) is 25.7. The van der Waals surface area contributed by atoms with Gasteiger partial charge in [0.1, 0.15) is 0 Å². The van der Waals surface area contributed by atoms with E-state index in [1.165, 1.54) is 53.9 Å². The summed E-state index contributed by atoms with van der Waals surface area (Å²) in [6.07, 6.45) is 0. The van der Waals surface area contributed by atoms with Crippen LogP contribution in [0.4, 0.5) is 0 Å². The minimum atomic E-state index is -0.351. The number of hydrogen-bond donors (Lipinski definition) is 0. The van der Waals surface area contributed by atoms with E-state index >= 15 is 0 Å². The molecule has 6 aromatic carbocycles. The van der Waals surface area contributed by atoms with E-state index in [-0.39, 0.29) is 5.41 Å². The second-order valence-electron chi connectivity index (χ2n) is 12.1. The van der Waals surface area contributed by atoms with Crippen LogP contribution < -0.4 is 0 Å². The lowest BCUT2D eigenvalue weighted by molar-refractivity contribution is 0.812. The average Bonchev–Trinajstić information content (AvgIpc) is 3.76. The van der Waals surface area contributed by atoms with E-state index in [9.17, 15) is 0 Å². The van der Waals surface area contributed by atoms with Gasteiger partial charge >= 0.3 is 0 Å². The number of thiophene rings is 1. The van der Waals surface area contributed by atoms with Crippen molar-refractivity contribution in [2.24, 2.45) is 0 Å². The number of rotatable bonds is 3. The molecule has 2 aromatic heterocycles. The van der Waals surface area contributed by atoms with Crippen molar-refractivity contribution < 1.29 is 0 Å². The van der Waals surface area contributed by atoms with Gasteiger partial charge in [0, 0.05) is 37.2 Å². The molecule has 0 bridgehead atoms. The standard InChI is InChI=1S/C43H26N2S/c1-3-13-27(14-4-1)37-26-38(45-42(44-37)28-15-5-2-6-16-28)29-23-24-36-33(25-29)40-32-19-9-12-22-39(32)46-41(40)43(36)34-20-10-7-17-30(34)31-18-8-11-21-35(31)43/h1-26H. The Hall–Kier alpha value is -5.64. The molecule has 10 rings (SSSR count). The summed E-state index contributed by atoms with van der Waals surface area (Å²) in [5.41, 5.74) is 14.0. The van der Waals surface area contributed by atoms with E-state index in [1.807, 2.05) is 35.6 Å². The second-order valence-corrected chi connectivity index (χ2v) is 13.2. The fourth-order valence-electron chi connectivity index (χ4n) is 7.77. The van der Waals surface area contributed by atoms with Crippen LogP contribution in [-0.2, 0) is 5.41 Å². The molecule has 0 fully saturated rings. The van der Waals surface area contributed by atoms with E-state index < -0.39 is 0 Å². The number of hydrogen-bond acceptors (Lipinski definition) is 3. The number of aromatic nitrogens is 2. The number of fused-ring (bicyclic) bond motifs is 12. The molecule has 0 unspecified atom stereocenters. The lowest BCUT2D eigenvalue weighted by atomic mass is 9.74. The Balaban J connectivity index is 1.26. The van der Waals surface area contributed by atoms with E-state index in [0.717, 1.165) is 33.9 Å². The first-order chi connectivity index (χ1) is 22.8. The third-order valence-corrected chi connectivity index (χ3v) is 11.0. The van der Waals surface area contributed by atoms with Crippen LogP contribution in [-0.4, -0.2) is 9.97 Å². The van der Waals surface area contributed by atoms with Crippen LogP contribution >= 0.6 is 11.3 Å². The Labute approximate surface area is 271 Å². The summed E-state index contributed by atoms with van der Waals surface area (Å²) in [6.45, 7) is 0. The molecule has 0 N–H and O–H groups in total. The predicted molar refractivity (Wildman–Crippen MR) is 190 cm³/mol. The molecule has 3 heteroatoms. The zero-order valence-electron chi connectivity index (χ0n) is 24.8. The van der Waals surface area contributed by atoms with Crippen LogP contribution in [0.1, 0.15) is 21.6 Å². The van der Waals surface area contributed by atoms with Crippen molar-refractivity contribution in [3.05, 3.63) is 179 Å². The highest BCUT2D eigenvalue weighted by molar-refractivity contribution is 7.20. The third-order valence-electron chi connectivity index (χ3n) is 9.70. The van der Waals surface area contributed by atoms with E-state index in [0.29, 0.717) is 0 Å². The Morgan fingerprint density at radius 3 is 1.72 bits per heavy atom. The Morgan fingerprint density at radius 1 is 0.435 bits per heavy atom. The Kier molecular flexibility index (Phi) is 5.40. The molecule has 8 aromatic rings. The Bertz CT molecular complexity index is 2370. The van der Waals surface area contributed by atoms with Gasteiger partial charge in [-0.25, -0.2) is 9.97 Å². The molecule has 0 saturated heterocycles. The molecular weight excluding hydrogens is 577 g/mol. The highest BCUT2D eigenvalue weighted by atomic mass is 32.1. The zero-order chi connectivity index (χ0) is 30.2. The van der Waals surface area contributed by atoms with Crippen LogP contribution in [0.25, 0.3) is 66.2 Å². The minimum absolute atomic E-state index is 0.351. The predicted octanol–water partition coefficient (Wildman–Crippen LogP) is 11.0. The lowest BCUT2D eigenvalue weighted by Crippen LogP contribution is -2.24. The van der Waals surface area contributed by atoms with Crippen molar-refractivity contribution in [2.45, 2.75) is 5.41 Å². The fraction of sp³-hybridized carbons (Fsp3) is 0.0233. The number of nitrogens with zero attached hydrogens (tertiary/aromatic N) is 2. The minimum Gasteiger partial charge on any atom is -0.228 e. The van der Waals surface area contributed by atoms with Gasteiger partial charge in [0.05, 0.1) is 16.8 Å². The quantitative estimate of drug-likeness (QED) is 0.201. The highest BCUT2D eigenvalue weighted by Gasteiger charge is 2.53. The van der Waals surface area contributed by atoms with Gasteiger partial charge in [-0.05, 0) is 51.6 Å². The van der Waals surface area contributed by atoms with E-state index in [2.05, 4.69) is 133 Å². The summed E-state index contributed by atoms with van der Waals surface area (Å²) in [5, 5.41) is 1.32. The molecule has 0 atom stereocenters. The maximum absolute atomic E-state index is 5.18. The van der Waals surface area contributed by atoms with Crippen LogP contribution in [0.15, 0.2) is 158 Å². The summed E-state index contributed by atoms with van der Waals surface area (Å²) in [4.78, 5) is 11.6. The molecule has 214 valence electrons. The van der Waals surface area contributed by atoms with Gasteiger partial charge in [-0.3, -0.25) is 0 Å². The maximum atomic E-state index is 5.18. The van der Waals surface area contributed by atoms with E-state index in [4.69, 9.17) is 9.97 Å². The second kappa shape index (κ2) is 9.68. The normalized spacial score (nSPS) is 13.4. The zero-order valence-corrected chi connectivity index (χ0v) is 25.6. The smallest absolute Gasteiger partial charge is 0.160 e. The fourth-order valence-corrected chi connectivity index (χ4v) is 9.23. The molecular formula is C43H26N2S. The van der Waals surface area contributed by atoms with E-state index in [1.54, 1.807) is 0 Å². The van der Waals surface area contributed by atoms with Gasteiger partial charge in [0.2, 0.25) is 0 Å². The Morgan fingerprint density at radius 2 is 1.00 bits per heavy atom. The summed E-state index contributed by atoms with van der Waals surface area (Å²) in [7, 11) is 0. The molecule has 2 aliphatic rings. The molecule has 0 amide bonds. The maximum Gasteiger partial charge on any atom is 0.160 e. The van der Waals surface area contributed by atoms with Gasteiger partial charge in [0.15, 0.2) is 5.82 Å².